The van der Waals surface area contributed by atoms with E-state index >= 15 is 0 Å². The van der Waals surface area contributed by atoms with Gasteiger partial charge >= 0.3 is 0 Å². The Bertz CT molecular complexity index is 745. The van der Waals surface area contributed by atoms with Crippen LogP contribution in [0.4, 0.5) is 0 Å². The van der Waals surface area contributed by atoms with Gasteiger partial charge in [0.15, 0.2) is 0 Å². The maximum atomic E-state index is 12.4. The van der Waals surface area contributed by atoms with Gasteiger partial charge in [-0.05, 0) is 42.8 Å². The Morgan fingerprint density at radius 3 is 2.10 bits per heavy atom. The number of benzene rings is 2. The lowest BCUT2D eigenvalue weighted by molar-refractivity contribution is -0.890. The molecule has 0 radical (unpaired) electrons. The van der Waals surface area contributed by atoms with Crippen LogP contribution in [0.25, 0.3) is 0 Å². The standard InChI is InChI=1S/C26H38N2O3/c1-4-5-9-21-30-25-16-14-23(15-17-25)26(29)27-18-10-19-28(2,3)20-11-22-31-24-12-7-6-8-13-24/h6-8,12-17H,4-5,9-11,18-22H2,1-3H3/p+1. The zero-order valence-corrected chi connectivity index (χ0v) is 19.4. The van der Waals surface area contributed by atoms with Gasteiger partial charge < -0.3 is 19.3 Å². The molecule has 0 aliphatic heterocycles. The summed E-state index contributed by atoms with van der Waals surface area (Å²) in [6.07, 6.45) is 5.37. The van der Waals surface area contributed by atoms with Gasteiger partial charge in [-0.15, -0.1) is 0 Å². The van der Waals surface area contributed by atoms with Crippen molar-refractivity contribution in [1.29, 1.82) is 0 Å². The van der Waals surface area contributed by atoms with Crippen molar-refractivity contribution in [2.45, 2.75) is 39.0 Å². The van der Waals surface area contributed by atoms with Gasteiger partial charge in [0.2, 0.25) is 0 Å². The van der Waals surface area contributed by atoms with Gasteiger partial charge in [0, 0.05) is 24.9 Å². The van der Waals surface area contributed by atoms with Crippen LogP contribution in [0.15, 0.2) is 54.6 Å². The molecule has 2 aromatic rings. The molecule has 1 N–H and O–H groups in total. The molecule has 0 bridgehead atoms. The Morgan fingerprint density at radius 1 is 0.806 bits per heavy atom. The van der Waals surface area contributed by atoms with Crippen LogP contribution in [-0.2, 0) is 0 Å². The highest BCUT2D eigenvalue weighted by molar-refractivity contribution is 5.94. The number of ether oxygens (including phenoxy) is 2. The van der Waals surface area contributed by atoms with Gasteiger partial charge in [-0.25, -0.2) is 0 Å². The van der Waals surface area contributed by atoms with Crippen molar-refractivity contribution in [1.82, 2.24) is 5.32 Å². The minimum atomic E-state index is -0.0286. The molecule has 0 aliphatic rings. The summed E-state index contributed by atoms with van der Waals surface area (Å²) in [6.45, 7) is 6.36. The van der Waals surface area contributed by atoms with Crippen molar-refractivity contribution >= 4 is 5.91 Å². The molecule has 5 heteroatoms. The lowest BCUT2D eigenvalue weighted by atomic mass is 10.2. The predicted octanol–water partition coefficient (Wildman–Crippen LogP) is 4.92. The largest absolute Gasteiger partial charge is 0.494 e. The fraction of sp³-hybridized carbons (Fsp3) is 0.500. The molecule has 0 aliphatic carbocycles. The molecule has 170 valence electrons. The summed E-state index contributed by atoms with van der Waals surface area (Å²) in [5.74, 6) is 1.72. The normalized spacial score (nSPS) is 11.2. The molecule has 0 saturated carbocycles. The van der Waals surface area contributed by atoms with Crippen LogP contribution < -0.4 is 14.8 Å². The molecule has 0 spiro atoms. The molecule has 0 heterocycles. The molecular formula is C26H39N2O3+. The molecule has 1 amide bonds. The number of unbranched alkanes of at least 4 members (excludes halogenated alkanes) is 2. The fourth-order valence-electron chi connectivity index (χ4n) is 3.37. The Balaban J connectivity index is 1.59. The first-order chi connectivity index (χ1) is 15.0. The SMILES string of the molecule is CCCCCOc1ccc(C(=O)NCCC[N+](C)(C)CCCOc2ccccc2)cc1. The highest BCUT2D eigenvalue weighted by atomic mass is 16.5. The second-order valence-corrected chi connectivity index (χ2v) is 8.59. The summed E-state index contributed by atoms with van der Waals surface area (Å²) in [5.41, 5.74) is 0.674. The second kappa shape index (κ2) is 13.7. The molecule has 2 rings (SSSR count). The number of nitrogens with zero attached hydrogens (tertiary/aromatic N) is 1. The lowest BCUT2D eigenvalue weighted by Gasteiger charge is -2.29. The minimum absolute atomic E-state index is 0.0286. The number of rotatable bonds is 15. The maximum Gasteiger partial charge on any atom is 0.251 e. The third-order valence-corrected chi connectivity index (χ3v) is 5.28. The molecule has 0 saturated heterocycles. The highest BCUT2D eigenvalue weighted by Crippen LogP contribution is 2.13. The maximum absolute atomic E-state index is 12.4. The van der Waals surface area contributed by atoms with Gasteiger partial charge in [0.1, 0.15) is 11.5 Å². The fourth-order valence-corrected chi connectivity index (χ4v) is 3.37. The summed E-state index contributed by atoms with van der Waals surface area (Å²) < 4.78 is 12.4. The first-order valence-corrected chi connectivity index (χ1v) is 11.5. The van der Waals surface area contributed by atoms with E-state index in [1.54, 1.807) is 0 Å². The minimum Gasteiger partial charge on any atom is -0.494 e. The number of carbonyl (C=O) groups excluding carboxylic acids is 1. The Labute approximate surface area is 188 Å². The summed E-state index contributed by atoms with van der Waals surface area (Å²) in [5, 5.41) is 3.03. The predicted molar refractivity (Wildman–Crippen MR) is 127 cm³/mol. The summed E-state index contributed by atoms with van der Waals surface area (Å²) in [4.78, 5) is 12.4. The average Bonchev–Trinajstić information content (AvgIpc) is 2.78. The van der Waals surface area contributed by atoms with Crippen LogP contribution in [0.3, 0.4) is 0 Å². The van der Waals surface area contributed by atoms with Crippen molar-refractivity contribution in [3.8, 4) is 11.5 Å². The Hall–Kier alpha value is -2.53. The van der Waals surface area contributed by atoms with Gasteiger partial charge in [0.05, 0.1) is 40.4 Å². The quantitative estimate of drug-likeness (QED) is 0.324. The topological polar surface area (TPSA) is 47.6 Å². The Morgan fingerprint density at radius 2 is 1.42 bits per heavy atom. The number of carbonyl (C=O) groups is 1. The van der Waals surface area contributed by atoms with Gasteiger partial charge in [-0.3, -0.25) is 4.79 Å². The summed E-state index contributed by atoms with van der Waals surface area (Å²) in [7, 11) is 4.45. The number of hydrogen-bond donors (Lipinski definition) is 1. The first kappa shape index (κ1) is 24.7. The van der Waals surface area contributed by atoms with E-state index in [9.17, 15) is 4.79 Å². The van der Waals surface area contributed by atoms with E-state index in [1.807, 2.05) is 54.6 Å². The van der Waals surface area contributed by atoms with Crippen molar-refractivity contribution in [3.63, 3.8) is 0 Å². The Kier molecular flexibility index (Phi) is 10.9. The van der Waals surface area contributed by atoms with Gasteiger partial charge in [-0.2, -0.15) is 0 Å². The smallest absolute Gasteiger partial charge is 0.251 e. The zero-order valence-electron chi connectivity index (χ0n) is 19.4. The highest BCUT2D eigenvalue weighted by Gasteiger charge is 2.14. The van der Waals surface area contributed by atoms with E-state index in [1.165, 1.54) is 12.8 Å². The molecule has 2 aromatic carbocycles. The molecule has 0 unspecified atom stereocenters. The number of amides is 1. The first-order valence-electron chi connectivity index (χ1n) is 11.5. The van der Waals surface area contributed by atoms with Crippen LogP contribution in [0.2, 0.25) is 0 Å². The van der Waals surface area contributed by atoms with E-state index in [2.05, 4.69) is 26.3 Å². The third-order valence-electron chi connectivity index (χ3n) is 5.28. The molecule has 31 heavy (non-hydrogen) atoms. The number of nitrogens with one attached hydrogen (secondary N) is 1. The molecule has 5 nitrogen and oxygen atoms in total. The van der Waals surface area contributed by atoms with Crippen LogP contribution in [0.5, 0.6) is 11.5 Å². The third kappa shape index (κ3) is 10.4. The van der Waals surface area contributed by atoms with Crippen molar-refractivity contribution < 1.29 is 18.8 Å². The molecule has 0 atom stereocenters. The van der Waals surface area contributed by atoms with Gasteiger partial charge in [0.25, 0.3) is 5.91 Å². The van der Waals surface area contributed by atoms with E-state index in [4.69, 9.17) is 9.47 Å². The van der Waals surface area contributed by atoms with Crippen LogP contribution in [0.1, 0.15) is 49.4 Å². The van der Waals surface area contributed by atoms with E-state index in [0.717, 1.165) is 61.5 Å². The monoisotopic (exact) mass is 427 g/mol. The average molecular weight is 428 g/mol. The lowest BCUT2D eigenvalue weighted by Crippen LogP contribution is -2.43. The van der Waals surface area contributed by atoms with E-state index in [-0.39, 0.29) is 5.91 Å². The second-order valence-electron chi connectivity index (χ2n) is 8.59. The van der Waals surface area contributed by atoms with Crippen LogP contribution >= 0.6 is 0 Å². The number of hydrogen-bond acceptors (Lipinski definition) is 3. The van der Waals surface area contributed by atoms with Crippen LogP contribution in [-0.4, -0.2) is 57.3 Å². The molecule has 0 aromatic heterocycles. The molecule has 0 fully saturated rings. The number of para-hydroxylation sites is 1. The summed E-state index contributed by atoms with van der Waals surface area (Å²) >= 11 is 0. The van der Waals surface area contributed by atoms with Crippen molar-refractivity contribution in [2.75, 3.05) is 46.9 Å². The van der Waals surface area contributed by atoms with Crippen molar-refractivity contribution in [2.24, 2.45) is 0 Å². The van der Waals surface area contributed by atoms with E-state index in [0.29, 0.717) is 12.1 Å². The van der Waals surface area contributed by atoms with Gasteiger partial charge in [-0.1, -0.05) is 38.0 Å². The van der Waals surface area contributed by atoms with Crippen molar-refractivity contribution in [3.05, 3.63) is 60.2 Å². The number of quaternary nitrogens is 1. The summed E-state index contributed by atoms with van der Waals surface area (Å²) in [6, 6.07) is 17.3. The van der Waals surface area contributed by atoms with Crippen LogP contribution in [0, 0.1) is 0 Å². The van der Waals surface area contributed by atoms with E-state index < -0.39 is 0 Å². The molecular weight excluding hydrogens is 388 g/mol. The zero-order chi connectivity index (χ0) is 22.4.